The fourth-order valence-corrected chi connectivity index (χ4v) is 3.67. The minimum Gasteiger partial charge on any atom is -0.506 e. The van der Waals surface area contributed by atoms with E-state index in [0.29, 0.717) is 0 Å². The second-order valence-electron chi connectivity index (χ2n) is 8.10. The Bertz CT molecular complexity index is 943. The Kier molecular flexibility index (Phi) is 7.68. The number of aromatic nitrogens is 1. The number of nitrogens with zero attached hydrogens (tertiary/aromatic N) is 2. The molecule has 0 spiro atoms. The molecule has 2 aliphatic rings. The van der Waals surface area contributed by atoms with Crippen molar-refractivity contribution in [2.75, 3.05) is 6.67 Å². The second-order valence-corrected chi connectivity index (χ2v) is 8.10. The Balaban J connectivity index is 1.69. The number of aliphatic hydroxyl groups excluding tert-OH is 3. The molecule has 0 aromatic carbocycles. The summed E-state index contributed by atoms with van der Waals surface area (Å²) in [6.07, 6.45) is -3.65. The first kappa shape index (κ1) is 25.3. The van der Waals surface area contributed by atoms with E-state index in [9.17, 15) is 39.9 Å². The summed E-state index contributed by atoms with van der Waals surface area (Å²) in [4.78, 5) is 41.1. The second kappa shape index (κ2) is 10.3. The Hall–Kier alpha value is -3.30. The molecule has 0 saturated carbocycles. The highest BCUT2D eigenvalue weighted by molar-refractivity contribution is 5.88. The molecule has 2 amide bonds. The number of pyridine rings is 1. The first-order valence-electron chi connectivity index (χ1n) is 10.4. The number of nitrogens with one attached hydrogen (secondary N) is 2. The normalized spacial score (nSPS) is 28.0. The third-order valence-corrected chi connectivity index (χ3v) is 5.79. The van der Waals surface area contributed by atoms with Crippen LogP contribution >= 0.6 is 0 Å². The smallest absolute Gasteiger partial charge is 0.329 e. The number of carboxylic acid groups (broad SMARTS) is 1. The van der Waals surface area contributed by atoms with Crippen molar-refractivity contribution in [1.82, 2.24) is 20.5 Å². The van der Waals surface area contributed by atoms with Crippen molar-refractivity contribution in [3.8, 4) is 5.75 Å². The molecule has 14 nitrogen and oxygen atoms in total. The molecule has 14 heteroatoms. The summed E-state index contributed by atoms with van der Waals surface area (Å²) in [5.41, 5.74) is 6.09. The number of amides is 2. The van der Waals surface area contributed by atoms with Gasteiger partial charge in [-0.2, -0.15) is 0 Å². The van der Waals surface area contributed by atoms with E-state index in [-0.39, 0.29) is 24.0 Å². The van der Waals surface area contributed by atoms with Crippen LogP contribution in [0, 0.1) is 5.92 Å². The van der Waals surface area contributed by atoms with Gasteiger partial charge in [-0.3, -0.25) is 14.6 Å². The van der Waals surface area contributed by atoms with Crippen LogP contribution in [0.1, 0.15) is 18.7 Å². The number of ether oxygens (including phenoxy) is 1. The van der Waals surface area contributed by atoms with Crippen molar-refractivity contribution < 1.29 is 44.7 Å². The zero-order valence-corrected chi connectivity index (χ0v) is 18.1. The molecular formula is C20H27N5O9. The molecular weight excluding hydrogens is 454 g/mol. The molecule has 3 heterocycles. The number of hydrogen-bond acceptors (Lipinski definition) is 11. The zero-order chi connectivity index (χ0) is 25.2. The lowest BCUT2D eigenvalue weighted by atomic mass is 9.92. The molecule has 1 fully saturated rings. The van der Waals surface area contributed by atoms with Gasteiger partial charge in [-0.05, 0) is 12.1 Å². The minimum atomic E-state index is -1.78. The number of aliphatic hydroxyl groups is 3. The highest BCUT2D eigenvalue weighted by Gasteiger charge is 2.51. The quantitative estimate of drug-likeness (QED) is 0.183. The highest BCUT2D eigenvalue weighted by atomic mass is 16.6. The Morgan fingerprint density at radius 3 is 2.59 bits per heavy atom. The lowest BCUT2D eigenvalue weighted by molar-refractivity contribution is -0.150. The first-order valence-corrected chi connectivity index (χ1v) is 10.4. The van der Waals surface area contributed by atoms with Crippen LogP contribution in [0.4, 0.5) is 0 Å². The largest absolute Gasteiger partial charge is 0.506 e. The van der Waals surface area contributed by atoms with E-state index < -0.39 is 60.5 Å². The average Bonchev–Trinajstić information content (AvgIpc) is 3.10. The molecule has 0 aliphatic carbocycles. The van der Waals surface area contributed by atoms with Crippen molar-refractivity contribution in [3.05, 3.63) is 36.3 Å². The summed E-state index contributed by atoms with van der Waals surface area (Å²) < 4.78 is 5.56. The molecule has 186 valence electrons. The Morgan fingerprint density at radius 1 is 1.32 bits per heavy atom. The molecule has 2 aliphatic heterocycles. The van der Waals surface area contributed by atoms with Gasteiger partial charge in [0.25, 0.3) is 0 Å². The maximum Gasteiger partial charge on any atom is 0.329 e. The number of aliphatic carboxylic acids is 1. The zero-order valence-electron chi connectivity index (χ0n) is 18.1. The van der Waals surface area contributed by atoms with Gasteiger partial charge >= 0.3 is 5.97 Å². The van der Waals surface area contributed by atoms with Gasteiger partial charge in [0.2, 0.25) is 11.8 Å². The first-order chi connectivity index (χ1) is 16.0. The van der Waals surface area contributed by atoms with Crippen molar-refractivity contribution in [2.45, 2.75) is 49.7 Å². The van der Waals surface area contributed by atoms with Gasteiger partial charge < -0.3 is 51.5 Å². The number of hydrogen-bond donors (Lipinski definition) is 8. The standard InChI is InChI=1S/C20H27N5O9/c1-8(14(28)10-3-2-9(26)6-22-10)12(21)18(31)24-13(20(32)33)17-15(29)16(30)19(34-17)25-5-4-11(27)23-7-25/h2-6,8,12-17,19,26,28-30H,7,21H2,1H3,(H,23,27)(H,24,31)(H,32,33)/t8-,12+,13+,14+,15-,16+,17-,19-/m1/s1. The Labute approximate surface area is 193 Å². The monoisotopic (exact) mass is 481 g/mol. The van der Waals surface area contributed by atoms with E-state index in [0.717, 1.165) is 6.20 Å². The number of carbonyl (C=O) groups excluding carboxylic acids is 2. The predicted octanol–water partition coefficient (Wildman–Crippen LogP) is -3.30. The number of carbonyl (C=O) groups is 3. The van der Waals surface area contributed by atoms with Crippen LogP contribution in [0.25, 0.3) is 0 Å². The van der Waals surface area contributed by atoms with Crippen LogP contribution in [-0.4, -0.2) is 96.5 Å². The summed E-state index contributed by atoms with van der Waals surface area (Å²) in [5, 5.41) is 54.9. The SMILES string of the molecule is C[C@H]([C@H](N)C(=O)N[C@H](C(=O)O)[C@H]1O[C@@H](N2C=CC(=O)NC2)[C@@H](O)[C@H]1O)[C@H](O)c1ccc(O)cn1. The van der Waals surface area contributed by atoms with Crippen molar-refractivity contribution in [1.29, 1.82) is 0 Å². The van der Waals surface area contributed by atoms with Crippen molar-refractivity contribution >= 4 is 17.8 Å². The maximum absolute atomic E-state index is 12.7. The number of rotatable bonds is 8. The summed E-state index contributed by atoms with van der Waals surface area (Å²) in [6, 6.07) is -0.517. The van der Waals surface area contributed by atoms with E-state index in [2.05, 4.69) is 15.6 Å². The number of aromatic hydroxyl groups is 1. The van der Waals surface area contributed by atoms with E-state index in [1.165, 1.54) is 36.2 Å². The number of nitrogens with two attached hydrogens (primary N) is 1. The van der Waals surface area contributed by atoms with E-state index in [4.69, 9.17) is 10.5 Å². The molecule has 0 radical (unpaired) electrons. The highest BCUT2D eigenvalue weighted by Crippen LogP contribution is 2.28. The molecule has 1 aromatic rings. The fourth-order valence-electron chi connectivity index (χ4n) is 3.67. The molecule has 0 unspecified atom stereocenters. The molecule has 9 N–H and O–H groups in total. The maximum atomic E-state index is 12.7. The molecule has 34 heavy (non-hydrogen) atoms. The molecule has 1 aromatic heterocycles. The topological polar surface area (TPSA) is 228 Å². The van der Waals surface area contributed by atoms with Crippen LogP contribution < -0.4 is 16.4 Å². The minimum absolute atomic E-state index is 0.0494. The third-order valence-electron chi connectivity index (χ3n) is 5.79. The van der Waals surface area contributed by atoms with Gasteiger partial charge in [0, 0.05) is 18.2 Å². The third kappa shape index (κ3) is 5.26. The van der Waals surface area contributed by atoms with Crippen molar-refractivity contribution in [3.63, 3.8) is 0 Å². The summed E-state index contributed by atoms with van der Waals surface area (Å²) in [7, 11) is 0. The van der Waals surface area contributed by atoms with E-state index in [1.54, 1.807) is 0 Å². The van der Waals surface area contributed by atoms with Gasteiger partial charge in [0.1, 0.15) is 30.2 Å². The van der Waals surface area contributed by atoms with E-state index in [1.807, 2.05) is 0 Å². The summed E-state index contributed by atoms with van der Waals surface area (Å²) >= 11 is 0. The average molecular weight is 481 g/mol. The molecule has 0 bridgehead atoms. The molecule has 8 atom stereocenters. The summed E-state index contributed by atoms with van der Waals surface area (Å²) in [6.45, 7) is 1.41. The van der Waals surface area contributed by atoms with Crippen molar-refractivity contribution in [2.24, 2.45) is 11.7 Å². The van der Waals surface area contributed by atoms with Gasteiger partial charge in [-0.1, -0.05) is 6.92 Å². The van der Waals surface area contributed by atoms with E-state index >= 15 is 0 Å². The number of carboxylic acids is 1. The Morgan fingerprint density at radius 2 is 2.03 bits per heavy atom. The summed E-state index contributed by atoms with van der Waals surface area (Å²) in [5.74, 6) is -3.90. The lowest BCUT2D eigenvalue weighted by Gasteiger charge is -2.31. The van der Waals surface area contributed by atoms with Gasteiger partial charge in [0.15, 0.2) is 12.3 Å². The van der Waals surface area contributed by atoms with Gasteiger partial charge in [-0.25, -0.2) is 4.79 Å². The van der Waals surface area contributed by atoms with Crippen LogP contribution in [0.15, 0.2) is 30.6 Å². The van der Waals surface area contributed by atoms with Gasteiger partial charge in [0.05, 0.1) is 24.6 Å². The molecule has 3 rings (SSSR count). The van der Waals surface area contributed by atoms with Crippen LogP contribution in [0.3, 0.4) is 0 Å². The van der Waals surface area contributed by atoms with Crippen LogP contribution in [0.5, 0.6) is 5.75 Å². The van der Waals surface area contributed by atoms with Gasteiger partial charge in [-0.15, -0.1) is 0 Å². The lowest BCUT2D eigenvalue weighted by Crippen LogP contribution is -2.57. The molecule has 1 saturated heterocycles. The van der Waals surface area contributed by atoms with Crippen LogP contribution in [0.2, 0.25) is 0 Å². The fraction of sp³-hybridized carbons (Fsp3) is 0.500. The predicted molar refractivity (Wildman–Crippen MR) is 112 cm³/mol. The van der Waals surface area contributed by atoms with Crippen LogP contribution in [-0.2, 0) is 19.1 Å².